The monoisotopic (exact) mass is 1670 g/mol. The van der Waals surface area contributed by atoms with Crippen LogP contribution in [0, 0.1) is 29.6 Å². The lowest BCUT2D eigenvalue weighted by Gasteiger charge is -2.27. The molecule has 0 aromatic heterocycles. The largest absolute Gasteiger partial charge is 0.481 e. The number of carboxylic acid groups (broad SMARTS) is 9. The number of carbonyl (C=O) groups excluding carboxylic acids is 14. The first-order valence-corrected chi connectivity index (χ1v) is 39.4. The summed E-state index contributed by atoms with van der Waals surface area (Å²) in [5, 5.41) is 100. The molecule has 0 aliphatic carbocycles. The Bertz CT molecular complexity index is 3510. The molecule has 1 heterocycles. The number of ketones is 7. The summed E-state index contributed by atoms with van der Waals surface area (Å²) in [7, 11) is 0. The van der Waals surface area contributed by atoms with Crippen LogP contribution in [-0.4, -0.2) is 267 Å². The summed E-state index contributed by atoms with van der Waals surface area (Å²) in [5.41, 5.74) is 5.81. The zero-order chi connectivity index (χ0) is 88.1. The highest BCUT2D eigenvalue weighted by Crippen LogP contribution is 2.25. The molecular formula is C74H110N8O33S. The Morgan fingerprint density at radius 1 is 0.397 bits per heavy atom. The van der Waals surface area contributed by atoms with E-state index in [4.69, 9.17) is 15.6 Å². The average molecular weight is 1670 g/mol. The van der Waals surface area contributed by atoms with Gasteiger partial charge in [0.15, 0.2) is 34.7 Å². The van der Waals surface area contributed by atoms with Gasteiger partial charge >= 0.3 is 53.7 Å². The van der Waals surface area contributed by atoms with E-state index in [1.807, 2.05) is 13.8 Å². The van der Waals surface area contributed by atoms with Crippen LogP contribution >= 0.6 is 11.8 Å². The first kappa shape index (κ1) is 103. The molecule has 1 unspecified atom stereocenters. The van der Waals surface area contributed by atoms with Gasteiger partial charge in [0, 0.05) is 152 Å². The molecule has 0 aromatic carbocycles. The third kappa shape index (κ3) is 43.3. The maximum absolute atomic E-state index is 14.4. The summed E-state index contributed by atoms with van der Waals surface area (Å²) < 4.78 is 5.56. The Morgan fingerprint density at radius 2 is 0.733 bits per heavy atom. The molecule has 116 heavy (non-hydrogen) atoms. The van der Waals surface area contributed by atoms with Crippen molar-refractivity contribution in [1.82, 2.24) is 36.8 Å². The summed E-state index contributed by atoms with van der Waals surface area (Å²) in [6.07, 6.45) is -15.8. The van der Waals surface area contributed by atoms with Crippen molar-refractivity contribution in [3.8, 4) is 0 Å². The van der Waals surface area contributed by atoms with Gasteiger partial charge in [0.05, 0.1) is 42.3 Å². The van der Waals surface area contributed by atoms with Gasteiger partial charge in [-0.05, 0) is 95.6 Å². The van der Waals surface area contributed by atoms with Crippen molar-refractivity contribution >= 4 is 147 Å². The summed E-state index contributed by atoms with van der Waals surface area (Å²) in [4.78, 5) is 299. The number of ether oxygens (including phenoxy) is 1. The highest BCUT2D eigenvalue weighted by Gasteiger charge is 2.40. The van der Waals surface area contributed by atoms with E-state index in [1.165, 1.54) is 16.7 Å². The molecule has 0 saturated carbocycles. The zero-order valence-corrected chi connectivity index (χ0v) is 66.1. The van der Waals surface area contributed by atoms with E-state index >= 15 is 0 Å². The molecular weight excluding hydrogens is 1560 g/mol. The number of carboxylic acids is 9. The molecule has 1 rings (SSSR count). The maximum atomic E-state index is 14.4. The molecule has 1 aliphatic rings. The minimum absolute atomic E-state index is 0.0877. The lowest BCUT2D eigenvalue weighted by atomic mass is 9.88. The number of hydrogen-bond acceptors (Lipinski definition) is 26. The molecule has 0 radical (unpaired) electrons. The van der Waals surface area contributed by atoms with Gasteiger partial charge in [0.2, 0.25) is 41.4 Å². The van der Waals surface area contributed by atoms with Crippen molar-refractivity contribution in [3.63, 3.8) is 0 Å². The van der Waals surface area contributed by atoms with E-state index in [1.54, 1.807) is 13.2 Å². The van der Waals surface area contributed by atoms with E-state index in [2.05, 4.69) is 31.9 Å². The number of likely N-dealkylation sites (tertiary alicyclic amines) is 1. The molecule has 0 spiro atoms. The van der Waals surface area contributed by atoms with Crippen LogP contribution in [0.15, 0.2) is 0 Å². The third-order valence-corrected chi connectivity index (χ3v) is 19.5. The Morgan fingerprint density at radius 3 is 1.08 bits per heavy atom. The first-order chi connectivity index (χ1) is 54.4. The summed E-state index contributed by atoms with van der Waals surface area (Å²) >= 11 is 1.36. The Kier molecular flexibility index (Phi) is 49.2. The molecule has 1 aliphatic heterocycles. The van der Waals surface area contributed by atoms with Crippen molar-refractivity contribution in [1.29, 1.82) is 0 Å². The molecule has 1 fully saturated rings. The standard InChI is InChI=1S/C74H110N8O33S/c1-5-52(83)50(38-116-4)76-59(90)20-19-54(85)49(32-39(2)3)81-74(114)51-8-6-30-82(51)60(91)37-115-31-7-9-53(84)45(15-26-66(102)103)77-71(111)41(11-22-62(94)95)34-56(87)47(17-28-68(106)107)79-73(113)43(13-24-64(98)99)36-58(89)48(18-29-69(108)109)80-72(112)42(12-23-63(96)97)35-57(88)46(16-27-67(104)105)78-70(110)40(10-21-61(92)93)33-55(86)44(75)14-25-65(100)101/h39-51H,5-38,75H2,1-4H3,(H,76,90)(H,77,111)(H,78,110)(H,79,113)(H,80,112)(H,81,114)(H,92,93)(H,94,95)(H,96,97)(H,98,99)(H,100,101)(H,102,103)(H,104,105)(H,106,107)(H,108,109)/t40-,41-,42-,43-,44+,45+,46+,47+,48+,49+,50-,51?/m0/s1. The normalized spacial score (nSPS) is 15.3. The Balaban J connectivity index is 3.53. The van der Waals surface area contributed by atoms with E-state index in [9.17, 15) is 151 Å². The van der Waals surface area contributed by atoms with E-state index in [0.717, 1.165) is 0 Å². The number of Topliss-reactive ketones (excluding diaryl/α,β-unsaturated/α-hetero) is 7. The topological polar surface area (TPSA) is 685 Å². The fraction of sp³-hybridized carbons (Fsp3) is 0.689. The maximum Gasteiger partial charge on any atom is 0.303 e. The summed E-state index contributed by atoms with van der Waals surface area (Å²) in [6, 6.07) is -11.7. The lowest BCUT2D eigenvalue weighted by molar-refractivity contribution is -0.142. The van der Waals surface area contributed by atoms with Gasteiger partial charge in [-0.2, -0.15) is 11.8 Å². The number of thioether (sulfide) groups is 1. The van der Waals surface area contributed by atoms with Crippen LogP contribution in [0.3, 0.4) is 0 Å². The molecule has 7 amide bonds. The Labute approximate surface area is 671 Å². The molecule has 17 N–H and O–H groups in total. The van der Waals surface area contributed by atoms with E-state index in [0.29, 0.717) is 12.2 Å². The second-order valence-corrected chi connectivity index (χ2v) is 29.5. The number of rotatable bonds is 67. The minimum atomic E-state index is -2.00. The number of carbonyl (C=O) groups is 23. The van der Waals surface area contributed by atoms with Crippen LogP contribution in [0.25, 0.3) is 0 Å². The number of nitrogens with zero attached hydrogens (tertiary/aromatic N) is 1. The predicted octanol–water partition coefficient (Wildman–Crippen LogP) is 0.402. The lowest BCUT2D eigenvalue weighted by Crippen LogP contribution is -2.52. The SMILES string of the molecule is CCC(=O)[C@H](CSC)NC(=O)CCC(=O)[C@@H](CC(C)C)NC(=O)C1CCCN1C(=O)COCCCC(=O)[C@@H](CCC(=O)O)NC(=O)[C@@H](CCC(=O)O)CC(=O)[C@@H](CCC(=O)O)NC(=O)[C@@H](CCC(=O)O)CC(=O)[C@@H](CCC(=O)O)NC(=O)[C@@H](CCC(=O)O)CC(=O)[C@@H](CCC(=O)O)NC(=O)[C@@H](CCC(=O)O)CC(=O)[C@H](N)CCC(=O)O. The van der Waals surface area contributed by atoms with Gasteiger partial charge in [0.1, 0.15) is 18.4 Å². The van der Waals surface area contributed by atoms with Crippen molar-refractivity contribution in [3.05, 3.63) is 0 Å². The van der Waals surface area contributed by atoms with Crippen LogP contribution in [0.1, 0.15) is 213 Å². The molecule has 0 aromatic rings. The van der Waals surface area contributed by atoms with E-state index < -0.39 is 356 Å². The highest BCUT2D eigenvalue weighted by molar-refractivity contribution is 7.98. The fourth-order valence-electron chi connectivity index (χ4n) is 12.4. The van der Waals surface area contributed by atoms with Gasteiger partial charge in [-0.25, -0.2) is 0 Å². The first-order valence-electron chi connectivity index (χ1n) is 38.0. The zero-order valence-electron chi connectivity index (χ0n) is 65.3. The van der Waals surface area contributed by atoms with Crippen LogP contribution in [-0.2, 0) is 115 Å². The molecule has 41 nitrogen and oxygen atoms in total. The van der Waals surface area contributed by atoms with Crippen molar-refractivity contribution < 1.29 is 161 Å². The van der Waals surface area contributed by atoms with Gasteiger partial charge in [0.25, 0.3) is 0 Å². The molecule has 0 bridgehead atoms. The number of nitrogens with one attached hydrogen (secondary N) is 6. The highest BCUT2D eigenvalue weighted by atomic mass is 32.2. The quantitative estimate of drug-likeness (QED) is 0.0367. The molecule has 1 saturated heterocycles. The average Bonchev–Trinajstić information content (AvgIpc) is 1.59. The second kappa shape index (κ2) is 55.1. The van der Waals surface area contributed by atoms with Crippen LogP contribution in [0.4, 0.5) is 0 Å². The van der Waals surface area contributed by atoms with Gasteiger partial charge in [-0.3, -0.25) is 110 Å². The van der Waals surface area contributed by atoms with Gasteiger partial charge in [-0.15, -0.1) is 0 Å². The summed E-state index contributed by atoms with van der Waals surface area (Å²) in [6.45, 7) is 4.55. The van der Waals surface area contributed by atoms with E-state index in [-0.39, 0.29) is 63.4 Å². The smallest absolute Gasteiger partial charge is 0.303 e. The van der Waals surface area contributed by atoms with Crippen LogP contribution in [0.5, 0.6) is 0 Å². The molecule has 650 valence electrons. The second-order valence-electron chi connectivity index (χ2n) is 28.6. The number of aliphatic carboxylic acids is 9. The van der Waals surface area contributed by atoms with Crippen molar-refractivity contribution in [2.75, 3.05) is 31.8 Å². The van der Waals surface area contributed by atoms with Crippen molar-refractivity contribution in [2.24, 2.45) is 35.3 Å². The number of amides is 7. The third-order valence-electron chi connectivity index (χ3n) is 18.8. The predicted molar refractivity (Wildman–Crippen MR) is 401 cm³/mol. The van der Waals surface area contributed by atoms with Crippen LogP contribution in [0.2, 0.25) is 0 Å². The van der Waals surface area contributed by atoms with Crippen LogP contribution < -0.4 is 37.6 Å². The molecule has 12 atom stereocenters. The van der Waals surface area contributed by atoms with Crippen molar-refractivity contribution in [2.45, 2.75) is 262 Å². The fourth-order valence-corrected chi connectivity index (χ4v) is 13.0. The summed E-state index contributed by atoms with van der Waals surface area (Å²) in [5.74, 6) is -33.1. The van der Waals surface area contributed by atoms with Gasteiger partial charge < -0.3 is 93.2 Å². The molecule has 42 heteroatoms. The minimum Gasteiger partial charge on any atom is -0.481 e. The number of hydrogen-bond donors (Lipinski definition) is 16. The Hall–Kier alpha value is -10.5. The number of nitrogens with two attached hydrogens (primary N) is 1. The van der Waals surface area contributed by atoms with Gasteiger partial charge in [-0.1, -0.05) is 20.8 Å².